The Kier molecular flexibility index (Phi) is 4.17. The summed E-state index contributed by atoms with van der Waals surface area (Å²) in [5.41, 5.74) is 4.76. The summed E-state index contributed by atoms with van der Waals surface area (Å²) < 4.78 is 0.787. The molecule has 0 unspecified atom stereocenters. The molecule has 2 rings (SSSR count). The summed E-state index contributed by atoms with van der Waals surface area (Å²) in [5.74, 6) is 7.28. The van der Waals surface area contributed by atoms with Crippen LogP contribution in [0.4, 0.5) is 17.3 Å². The number of anilines is 3. The van der Waals surface area contributed by atoms with Crippen molar-refractivity contribution in [2.24, 2.45) is 5.84 Å². The van der Waals surface area contributed by atoms with Gasteiger partial charge in [0.2, 0.25) is 0 Å². The fraction of sp³-hybridized carbons (Fsp3) is 0.154. The Morgan fingerprint density at radius 1 is 1.25 bits per heavy atom. The summed E-state index contributed by atoms with van der Waals surface area (Å²) in [6.45, 7) is 3.66. The molecule has 0 saturated heterocycles. The number of nitrogens with zero attached hydrogens (tertiary/aromatic N) is 3. The van der Waals surface area contributed by atoms with E-state index in [1.54, 1.807) is 19.1 Å². The van der Waals surface area contributed by atoms with Gasteiger partial charge in [-0.15, -0.1) is 0 Å². The number of benzene rings is 1. The van der Waals surface area contributed by atoms with E-state index in [0.29, 0.717) is 23.0 Å². The fourth-order valence-electron chi connectivity index (χ4n) is 1.70. The molecule has 20 heavy (non-hydrogen) atoms. The average molecular weight is 333 g/mol. The first-order chi connectivity index (χ1) is 9.55. The van der Waals surface area contributed by atoms with Crippen LogP contribution < -0.4 is 16.6 Å². The zero-order valence-corrected chi connectivity index (χ0v) is 12.6. The van der Waals surface area contributed by atoms with Gasteiger partial charge in [0.15, 0.2) is 0 Å². The second kappa shape index (κ2) is 5.86. The molecule has 1 aromatic heterocycles. The standard InChI is InChI=1S/C13H13BrN6/c1-7-12(17-8(2)18-13(7)20-16)19-11-4-3-9(6-15)5-10(11)14/h3-5H,16H2,1-2H3,(H2,17,18,19,20). The lowest BCUT2D eigenvalue weighted by atomic mass is 10.2. The molecule has 0 saturated carbocycles. The Morgan fingerprint density at radius 3 is 2.55 bits per heavy atom. The van der Waals surface area contributed by atoms with Crippen molar-refractivity contribution >= 4 is 33.3 Å². The van der Waals surface area contributed by atoms with Gasteiger partial charge in [-0.2, -0.15) is 5.26 Å². The predicted octanol–water partition coefficient (Wildman–Crippen LogP) is 2.76. The van der Waals surface area contributed by atoms with Crippen LogP contribution in [0.3, 0.4) is 0 Å². The predicted molar refractivity (Wildman–Crippen MR) is 81.5 cm³/mol. The number of nitrogen functional groups attached to an aromatic ring is 1. The maximum absolute atomic E-state index is 8.86. The van der Waals surface area contributed by atoms with Crippen molar-refractivity contribution in [3.05, 3.63) is 39.6 Å². The first-order valence-corrected chi connectivity index (χ1v) is 6.63. The van der Waals surface area contributed by atoms with E-state index >= 15 is 0 Å². The van der Waals surface area contributed by atoms with Gasteiger partial charge < -0.3 is 10.7 Å². The molecule has 1 aromatic carbocycles. The molecule has 0 fully saturated rings. The van der Waals surface area contributed by atoms with Crippen LogP contribution in [0.25, 0.3) is 0 Å². The second-order valence-electron chi connectivity index (χ2n) is 4.17. The molecule has 0 radical (unpaired) electrons. The summed E-state index contributed by atoms with van der Waals surface area (Å²) in [7, 11) is 0. The molecule has 2 aromatic rings. The Bertz CT molecular complexity index is 692. The zero-order chi connectivity index (χ0) is 14.7. The van der Waals surface area contributed by atoms with E-state index in [0.717, 1.165) is 15.7 Å². The van der Waals surface area contributed by atoms with Gasteiger partial charge in [-0.05, 0) is 48.0 Å². The molecule has 0 aliphatic rings. The van der Waals surface area contributed by atoms with E-state index in [9.17, 15) is 0 Å². The Morgan fingerprint density at radius 2 is 1.95 bits per heavy atom. The first-order valence-electron chi connectivity index (χ1n) is 5.83. The second-order valence-corrected chi connectivity index (χ2v) is 5.02. The number of nitrogens with two attached hydrogens (primary N) is 1. The van der Waals surface area contributed by atoms with Gasteiger partial charge in [-0.3, -0.25) is 0 Å². The van der Waals surface area contributed by atoms with Gasteiger partial charge in [-0.1, -0.05) is 0 Å². The van der Waals surface area contributed by atoms with E-state index in [2.05, 4.69) is 42.7 Å². The van der Waals surface area contributed by atoms with E-state index < -0.39 is 0 Å². The first kappa shape index (κ1) is 14.2. The van der Waals surface area contributed by atoms with Crippen molar-refractivity contribution in [1.29, 1.82) is 5.26 Å². The van der Waals surface area contributed by atoms with Crippen LogP contribution in [-0.2, 0) is 0 Å². The van der Waals surface area contributed by atoms with Crippen LogP contribution in [0, 0.1) is 25.2 Å². The molecule has 0 aliphatic carbocycles. The van der Waals surface area contributed by atoms with E-state index in [1.165, 1.54) is 0 Å². The summed E-state index contributed by atoms with van der Waals surface area (Å²) in [6.07, 6.45) is 0. The molecule has 0 amide bonds. The molecule has 0 bridgehead atoms. The summed E-state index contributed by atoms with van der Waals surface area (Å²) in [5, 5.41) is 12.1. The summed E-state index contributed by atoms with van der Waals surface area (Å²) >= 11 is 3.43. The van der Waals surface area contributed by atoms with Crippen LogP contribution in [0.15, 0.2) is 22.7 Å². The summed E-state index contributed by atoms with van der Waals surface area (Å²) in [4.78, 5) is 8.56. The van der Waals surface area contributed by atoms with Gasteiger partial charge in [0.25, 0.3) is 0 Å². The fourth-order valence-corrected chi connectivity index (χ4v) is 2.18. The molecule has 0 aliphatic heterocycles. The molecule has 0 atom stereocenters. The topological polar surface area (TPSA) is 99.6 Å². The Labute approximate surface area is 125 Å². The van der Waals surface area contributed by atoms with Crippen molar-refractivity contribution < 1.29 is 0 Å². The SMILES string of the molecule is Cc1nc(NN)c(C)c(Nc2ccc(C#N)cc2Br)n1. The number of halogens is 1. The smallest absolute Gasteiger partial charge is 0.148 e. The highest BCUT2D eigenvalue weighted by Gasteiger charge is 2.10. The average Bonchev–Trinajstić information content (AvgIpc) is 2.44. The summed E-state index contributed by atoms with van der Waals surface area (Å²) in [6, 6.07) is 7.38. The van der Waals surface area contributed by atoms with Gasteiger partial charge in [0.05, 0.1) is 17.3 Å². The highest BCUT2D eigenvalue weighted by atomic mass is 79.9. The number of rotatable bonds is 3. The van der Waals surface area contributed by atoms with E-state index in [-0.39, 0.29) is 0 Å². The highest BCUT2D eigenvalue weighted by molar-refractivity contribution is 9.10. The van der Waals surface area contributed by atoms with Crippen LogP contribution in [0.2, 0.25) is 0 Å². The molecule has 7 heteroatoms. The lowest BCUT2D eigenvalue weighted by Crippen LogP contribution is -2.13. The zero-order valence-electron chi connectivity index (χ0n) is 11.0. The number of hydrazine groups is 1. The van der Waals surface area contributed by atoms with Crippen molar-refractivity contribution in [1.82, 2.24) is 9.97 Å². The van der Waals surface area contributed by atoms with Crippen LogP contribution in [0.5, 0.6) is 0 Å². The minimum atomic E-state index is 0.574. The molecule has 0 spiro atoms. The Hall–Kier alpha value is -2.17. The van der Waals surface area contributed by atoms with Crippen molar-refractivity contribution in [3.8, 4) is 6.07 Å². The van der Waals surface area contributed by atoms with Crippen LogP contribution in [-0.4, -0.2) is 9.97 Å². The maximum atomic E-state index is 8.86. The van der Waals surface area contributed by atoms with Crippen LogP contribution >= 0.6 is 15.9 Å². The molecule has 102 valence electrons. The minimum Gasteiger partial charge on any atom is -0.339 e. The number of aromatic nitrogens is 2. The van der Waals surface area contributed by atoms with Gasteiger partial charge in [0.1, 0.15) is 17.5 Å². The Balaban J connectivity index is 2.40. The third-order valence-electron chi connectivity index (χ3n) is 2.75. The minimum absolute atomic E-state index is 0.574. The largest absolute Gasteiger partial charge is 0.339 e. The van der Waals surface area contributed by atoms with Gasteiger partial charge >= 0.3 is 0 Å². The maximum Gasteiger partial charge on any atom is 0.148 e. The number of hydrogen-bond acceptors (Lipinski definition) is 6. The van der Waals surface area contributed by atoms with Crippen molar-refractivity contribution in [2.75, 3.05) is 10.7 Å². The van der Waals surface area contributed by atoms with Crippen molar-refractivity contribution in [3.63, 3.8) is 0 Å². The third kappa shape index (κ3) is 2.87. The number of aryl methyl sites for hydroxylation is 1. The quantitative estimate of drug-likeness (QED) is 0.590. The molecule has 1 heterocycles. The van der Waals surface area contributed by atoms with Crippen LogP contribution in [0.1, 0.15) is 17.0 Å². The monoisotopic (exact) mass is 332 g/mol. The molecular weight excluding hydrogens is 320 g/mol. The number of nitriles is 1. The lowest BCUT2D eigenvalue weighted by Gasteiger charge is -2.13. The highest BCUT2D eigenvalue weighted by Crippen LogP contribution is 2.28. The molecule has 6 nitrogen and oxygen atoms in total. The molecule has 4 N–H and O–H groups in total. The normalized spacial score (nSPS) is 9.95. The molecular formula is C13H13BrN6. The van der Waals surface area contributed by atoms with Gasteiger partial charge in [-0.25, -0.2) is 15.8 Å². The lowest BCUT2D eigenvalue weighted by molar-refractivity contribution is 1.03. The van der Waals surface area contributed by atoms with E-state index in [1.807, 2.05) is 13.0 Å². The van der Waals surface area contributed by atoms with Gasteiger partial charge in [0, 0.05) is 10.0 Å². The van der Waals surface area contributed by atoms with E-state index in [4.69, 9.17) is 11.1 Å². The van der Waals surface area contributed by atoms with Crippen molar-refractivity contribution in [2.45, 2.75) is 13.8 Å². The third-order valence-corrected chi connectivity index (χ3v) is 3.40. The number of nitrogens with one attached hydrogen (secondary N) is 2. The number of hydrogen-bond donors (Lipinski definition) is 3.